The molecule has 1 fully saturated rings. The summed E-state index contributed by atoms with van der Waals surface area (Å²) in [5.41, 5.74) is 4.35. The molecule has 0 aromatic heterocycles. The number of benzene rings is 2. The highest BCUT2D eigenvalue weighted by Crippen LogP contribution is 2.36. The van der Waals surface area contributed by atoms with E-state index in [1.54, 1.807) is 23.9 Å². The molecule has 0 aliphatic carbocycles. The molecule has 2 aliphatic rings. The fourth-order valence-electron chi connectivity index (χ4n) is 3.54. The fourth-order valence-corrected chi connectivity index (χ4v) is 6.46. The summed E-state index contributed by atoms with van der Waals surface area (Å²) in [6.07, 6.45) is 0. The van der Waals surface area contributed by atoms with Crippen molar-refractivity contribution < 1.29 is 12.8 Å². The first-order valence-corrected chi connectivity index (χ1v) is 11.6. The van der Waals surface area contributed by atoms with Crippen LogP contribution in [0.25, 0.3) is 0 Å². The van der Waals surface area contributed by atoms with Crippen LogP contribution in [0, 0.1) is 19.7 Å². The molecule has 0 spiro atoms. The molecule has 2 aliphatic heterocycles. The second kappa shape index (κ2) is 6.95. The molecule has 4 rings (SSSR count). The van der Waals surface area contributed by atoms with Crippen LogP contribution in [-0.4, -0.2) is 37.2 Å². The highest BCUT2D eigenvalue weighted by molar-refractivity contribution is 8.13. The minimum atomic E-state index is -3.06. The Bertz CT molecular complexity index is 1000. The summed E-state index contributed by atoms with van der Waals surface area (Å²) < 4.78 is 37.4. The van der Waals surface area contributed by atoms with E-state index in [0.29, 0.717) is 5.75 Å². The molecule has 0 amide bonds. The SMILES string of the molecule is Cc1ccc(N2C(SCc3ccc(F)cc3)=N[C@H]3CS(=O)(=O)C[C@H]32)cc1C. The zero-order valence-corrected chi connectivity index (χ0v) is 16.9. The van der Waals surface area contributed by atoms with Crippen molar-refractivity contribution in [3.8, 4) is 0 Å². The third-order valence-electron chi connectivity index (χ3n) is 5.16. The molecular formula is C20H21FN2O2S2. The lowest BCUT2D eigenvalue weighted by molar-refractivity contribution is 0.601. The lowest BCUT2D eigenvalue weighted by atomic mass is 10.1. The maximum Gasteiger partial charge on any atom is 0.164 e. The minimum Gasteiger partial charge on any atom is -0.315 e. The maximum atomic E-state index is 13.1. The van der Waals surface area contributed by atoms with Gasteiger partial charge in [-0.25, -0.2) is 12.8 Å². The Balaban J connectivity index is 1.63. The van der Waals surface area contributed by atoms with Gasteiger partial charge in [0, 0.05) is 11.4 Å². The van der Waals surface area contributed by atoms with Crippen LogP contribution in [-0.2, 0) is 15.6 Å². The smallest absolute Gasteiger partial charge is 0.164 e. The van der Waals surface area contributed by atoms with Crippen molar-refractivity contribution >= 4 is 32.5 Å². The number of aliphatic imine (C=N–C) groups is 1. The Kier molecular flexibility index (Phi) is 4.76. The van der Waals surface area contributed by atoms with E-state index in [1.165, 1.54) is 23.3 Å². The van der Waals surface area contributed by atoms with E-state index in [0.717, 1.165) is 16.4 Å². The number of thioether (sulfide) groups is 1. The standard InChI is InChI=1S/C20H21FN2O2S2/c1-13-3-8-17(9-14(13)2)23-19-12-27(24,25)11-18(19)22-20(23)26-10-15-4-6-16(21)7-5-15/h3-9,18-19H,10-12H2,1-2H3/t18-,19+/m0/s1. The van der Waals surface area contributed by atoms with Crippen molar-refractivity contribution in [3.05, 3.63) is 65.0 Å². The monoisotopic (exact) mass is 404 g/mol. The molecule has 1 saturated heterocycles. The van der Waals surface area contributed by atoms with Crippen LogP contribution in [0.5, 0.6) is 0 Å². The van der Waals surface area contributed by atoms with Gasteiger partial charge >= 0.3 is 0 Å². The van der Waals surface area contributed by atoms with Gasteiger partial charge in [-0.2, -0.15) is 0 Å². The zero-order valence-electron chi connectivity index (χ0n) is 15.2. The van der Waals surface area contributed by atoms with Crippen molar-refractivity contribution in [2.75, 3.05) is 16.4 Å². The van der Waals surface area contributed by atoms with Gasteiger partial charge in [0.15, 0.2) is 15.0 Å². The molecule has 0 radical (unpaired) electrons. The quantitative estimate of drug-likeness (QED) is 0.782. The first-order chi connectivity index (χ1) is 12.8. The van der Waals surface area contributed by atoms with Gasteiger partial charge in [-0.3, -0.25) is 4.99 Å². The van der Waals surface area contributed by atoms with Crippen molar-refractivity contribution in [3.63, 3.8) is 0 Å². The summed E-state index contributed by atoms with van der Waals surface area (Å²) in [5.74, 6) is 0.652. The van der Waals surface area contributed by atoms with Gasteiger partial charge in [0.2, 0.25) is 0 Å². The Hall–Kier alpha value is -1.86. The van der Waals surface area contributed by atoms with Crippen LogP contribution in [0.1, 0.15) is 16.7 Å². The number of amidine groups is 1. The highest BCUT2D eigenvalue weighted by atomic mass is 32.2. The Morgan fingerprint density at radius 3 is 2.56 bits per heavy atom. The number of sulfone groups is 1. The van der Waals surface area contributed by atoms with Crippen LogP contribution in [0.15, 0.2) is 47.5 Å². The van der Waals surface area contributed by atoms with Crippen molar-refractivity contribution in [1.29, 1.82) is 0 Å². The molecule has 4 nitrogen and oxygen atoms in total. The highest BCUT2D eigenvalue weighted by Gasteiger charge is 2.47. The van der Waals surface area contributed by atoms with E-state index in [9.17, 15) is 12.8 Å². The topological polar surface area (TPSA) is 49.7 Å². The summed E-state index contributed by atoms with van der Waals surface area (Å²) in [5, 5.41) is 0.840. The largest absolute Gasteiger partial charge is 0.315 e. The normalized spacial score (nSPS) is 23.4. The van der Waals surface area contributed by atoms with Crippen molar-refractivity contribution in [2.45, 2.75) is 31.7 Å². The molecule has 2 atom stereocenters. The molecular weight excluding hydrogens is 383 g/mol. The molecule has 0 bridgehead atoms. The number of hydrogen-bond donors (Lipinski definition) is 0. The van der Waals surface area contributed by atoms with E-state index in [-0.39, 0.29) is 29.4 Å². The number of nitrogens with zero attached hydrogens (tertiary/aromatic N) is 2. The zero-order chi connectivity index (χ0) is 19.2. The third kappa shape index (κ3) is 3.75. The van der Waals surface area contributed by atoms with Gasteiger partial charge in [-0.15, -0.1) is 0 Å². The number of aryl methyl sites for hydroxylation is 2. The predicted octanol–water partition coefficient (Wildman–Crippen LogP) is 3.72. The Morgan fingerprint density at radius 2 is 1.85 bits per heavy atom. The average molecular weight is 405 g/mol. The van der Waals surface area contributed by atoms with Crippen LogP contribution in [0.3, 0.4) is 0 Å². The first-order valence-electron chi connectivity index (χ1n) is 8.84. The molecule has 27 heavy (non-hydrogen) atoms. The van der Waals surface area contributed by atoms with Crippen LogP contribution < -0.4 is 4.90 Å². The molecule has 7 heteroatoms. The van der Waals surface area contributed by atoms with Crippen LogP contribution in [0.2, 0.25) is 0 Å². The van der Waals surface area contributed by atoms with Crippen LogP contribution >= 0.6 is 11.8 Å². The van der Waals surface area contributed by atoms with Crippen molar-refractivity contribution in [1.82, 2.24) is 0 Å². The van der Waals surface area contributed by atoms with Gasteiger partial charge in [0.1, 0.15) is 5.82 Å². The second-order valence-corrected chi connectivity index (χ2v) is 10.3. The number of anilines is 1. The Labute approximate surface area is 163 Å². The molecule has 142 valence electrons. The van der Waals surface area contributed by atoms with Gasteiger partial charge in [0.05, 0.1) is 23.6 Å². The average Bonchev–Trinajstić information content (AvgIpc) is 3.08. The lowest BCUT2D eigenvalue weighted by Gasteiger charge is -2.27. The van der Waals surface area contributed by atoms with E-state index >= 15 is 0 Å². The van der Waals surface area contributed by atoms with E-state index in [1.807, 2.05) is 6.07 Å². The summed E-state index contributed by atoms with van der Waals surface area (Å²) >= 11 is 1.57. The molecule has 0 saturated carbocycles. The Morgan fingerprint density at radius 1 is 1.11 bits per heavy atom. The molecule has 2 aromatic carbocycles. The summed E-state index contributed by atoms with van der Waals surface area (Å²) in [7, 11) is -3.06. The van der Waals surface area contributed by atoms with Gasteiger partial charge in [0.25, 0.3) is 0 Å². The number of fused-ring (bicyclic) bond motifs is 1. The number of halogens is 1. The molecule has 0 N–H and O–H groups in total. The van der Waals surface area contributed by atoms with Crippen LogP contribution in [0.4, 0.5) is 10.1 Å². The van der Waals surface area contributed by atoms with E-state index in [4.69, 9.17) is 4.99 Å². The van der Waals surface area contributed by atoms with E-state index < -0.39 is 9.84 Å². The predicted molar refractivity (Wildman–Crippen MR) is 110 cm³/mol. The lowest BCUT2D eigenvalue weighted by Crippen LogP contribution is -2.39. The maximum absolute atomic E-state index is 13.1. The molecule has 2 aromatic rings. The first kappa shape index (κ1) is 18.5. The van der Waals surface area contributed by atoms with Crippen molar-refractivity contribution in [2.24, 2.45) is 4.99 Å². The van der Waals surface area contributed by atoms with Gasteiger partial charge in [-0.05, 0) is 54.8 Å². The summed E-state index contributed by atoms with van der Waals surface area (Å²) in [4.78, 5) is 6.82. The summed E-state index contributed by atoms with van der Waals surface area (Å²) in [6, 6.07) is 12.3. The number of rotatable bonds is 3. The summed E-state index contributed by atoms with van der Waals surface area (Å²) in [6.45, 7) is 4.12. The molecule has 2 heterocycles. The fraction of sp³-hybridized carbons (Fsp3) is 0.350. The second-order valence-electron chi connectivity index (χ2n) is 7.18. The van der Waals surface area contributed by atoms with E-state index in [2.05, 4.69) is 30.9 Å². The minimum absolute atomic E-state index is 0.111. The number of hydrogen-bond acceptors (Lipinski definition) is 5. The molecule has 0 unspecified atom stereocenters. The third-order valence-corrected chi connectivity index (χ3v) is 7.89. The van der Waals surface area contributed by atoms with Gasteiger partial charge in [-0.1, -0.05) is 30.0 Å². The van der Waals surface area contributed by atoms with Gasteiger partial charge < -0.3 is 4.90 Å².